The maximum Gasteiger partial charge on any atom is 0.147 e. The summed E-state index contributed by atoms with van der Waals surface area (Å²) in [4.78, 5) is 22.6. The van der Waals surface area contributed by atoms with E-state index in [2.05, 4.69) is 36.9 Å². The standard InChI is InChI=1S/C24H24N6O/c1-16-11-19(12-17(2)24(16)31)18-3-4-20-21(13-18)28-23(15-27-20)30-9-7-29(8-10-30)22-14-25-5-6-26-22/h3-6,11-15,31H,7-10H2,1-2H3. The largest absolute Gasteiger partial charge is 0.507 e. The summed E-state index contributed by atoms with van der Waals surface area (Å²) in [6.07, 6.45) is 7.08. The smallest absolute Gasteiger partial charge is 0.147 e. The van der Waals surface area contributed by atoms with Gasteiger partial charge in [0.1, 0.15) is 17.4 Å². The Kier molecular flexibility index (Phi) is 4.86. The third-order valence-electron chi connectivity index (χ3n) is 5.83. The summed E-state index contributed by atoms with van der Waals surface area (Å²) in [5, 5.41) is 10.1. The van der Waals surface area contributed by atoms with Gasteiger partial charge in [0.15, 0.2) is 0 Å². The highest BCUT2D eigenvalue weighted by Crippen LogP contribution is 2.30. The van der Waals surface area contributed by atoms with Crippen molar-refractivity contribution in [3.8, 4) is 16.9 Å². The average molecular weight is 412 g/mol. The lowest BCUT2D eigenvalue weighted by Crippen LogP contribution is -2.47. The van der Waals surface area contributed by atoms with Crippen molar-refractivity contribution in [1.82, 2.24) is 19.9 Å². The van der Waals surface area contributed by atoms with E-state index in [1.54, 1.807) is 18.6 Å². The van der Waals surface area contributed by atoms with Crippen molar-refractivity contribution in [3.05, 3.63) is 66.2 Å². The molecule has 0 spiro atoms. The van der Waals surface area contributed by atoms with Crippen LogP contribution in [-0.2, 0) is 0 Å². The van der Waals surface area contributed by atoms with Gasteiger partial charge in [0.2, 0.25) is 0 Å². The fourth-order valence-corrected chi connectivity index (χ4v) is 4.08. The molecule has 1 aliphatic rings. The van der Waals surface area contributed by atoms with E-state index < -0.39 is 0 Å². The fourth-order valence-electron chi connectivity index (χ4n) is 4.08. The van der Waals surface area contributed by atoms with Crippen LogP contribution in [0.5, 0.6) is 5.75 Å². The summed E-state index contributed by atoms with van der Waals surface area (Å²) in [5.74, 6) is 2.16. The summed E-state index contributed by atoms with van der Waals surface area (Å²) >= 11 is 0. The molecule has 4 aromatic rings. The Bertz CT molecular complexity index is 1210. The zero-order valence-corrected chi connectivity index (χ0v) is 17.7. The normalized spacial score (nSPS) is 14.3. The summed E-state index contributed by atoms with van der Waals surface area (Å²) in [5.41, 5.74) is 5.62. The first kappa shape index (κ1) is 19.2. The number of phenols is 1. The molecule has 0 atom stereocenters. The Morgan fingerprint density at radius 1 is 0.742 bits per heavy atom. The van der Waals surface area contributed by atoms with Crippen LogP contribution in [0.15, 0.2) is 55.1 Å². The van der Waals surface area contributed by atoms with Gasteiger partial charge >= 0.3 is 0 Å². The lowest BCUT2D eigenvalue weighted by Gasteiger charge is -2.35. The van der Waals surface area contributed by atoms with E-state index in [9.17, 15) is 5.11 Å². The van der Waals surface area contributed by atoms with Crippen molar-refractivity contribution in [2.45, 2.75) is 13.8 Å². The molecule has 0 radical (unpaired) electrons. The van der Waals surface area contributed by atoms with E-state index in [1.165, 1.54) is 0 Å². The molecule has 0 saturated carbocycles. The van der Waals surface area contributed by atoms with Gasteiger partial charge in [0.05, 0.1) is 23.4 Å². The number of aromatic hydroxyl groups is 1. The minimum absolute atomic E-state index is 0.354. The van der Waals surface area contributed by atoms with Gasteiger partial charge < -0.3 is 14.9 Å². The Balaban J connectivity index is 1.40. The van der Waals surface area contributed by atoms with Crippen LogP contribution in [0.3, 0.4) is 0 Å². The Morgan fingerprint density at radius 2 is 1.45 bits per heavy atom. The first-order valence-corrected chi connectivity index (χ1v) is 10.4. The molecule has 7 heteroatoms. The molecular weight excluding hydrogens is 388 g/mol. The number of anilines is 2. The quantitative estimate of drug-likeness (QED) is 0.549. The number of nitrogens with zero attached hydrogens (tertiary/aromatic N) is 6. The second-order valence-corrected chi connectivity index (χ2v) is 7.93. The van der Waals surface area contributed by atoms with Crippen LogP contribution in [0.25, 0.3) is 22.2 Å². The predicted molar refractivity (Wildman–Crippen MR) is 123 cm³/mol. The van der Waals surface area contributed by atoms with Crippen molar-refractivity contribution in [2.75, 3.05) is 36.0 Å². The molecule has 5 rings (SSSR count). The maximum absolute atomic E-state index is 10.1. The van der Waals surface area contributed by atoms with Crippen molar-refractivity contribution < 1.29 is 5.11 Å². The summed E-state index contributed by atoms with van der Waals surface area (Å²) in [6, 6.07) is 10.2. The van der Waals surface area contributed by atoms with Crippen molar-refractivity contribution in [1.29, 1.82) is 0 Å². The first-order valence-electron chi connectivity index (χ1n) is 10.4. The number of hydrogen-bond acceptors (Lipinski definition) is 7. The topological polar surface area (TPSA) is 78.3 Å². The number of fused-ring (bicyclic) bond motifs is 1. The lowest BCUT2D eigenvalue weighted by atomic mass is 9.99. The second-order valence-electron chi connectivity index (χ2n) is 7.93. The minimum Gasteiger partial charge on any atom is -0.507 e. The highest BCUT2D eigenvalue weighted by Gasteiger charge is 2.20. The van der Waals surface area contributed by atoms with Crippen LogP contribution in [0.4, 0.5) is 11.6 Å². The molecule has 31 heavy (non-hydrogen) atoms. The Labute approximate surface area is 181 Å². The van der Waals surface area contributed by atoms with E-state index in [1.807, 2.05) is 38.2 Å². The molecule has 0 bridgehead atoms. The number of aromatic nitrogens is 4. The predicted octanol–water partition coefficient (Wildman–Crippen LogP) is 3.74. The van der Waals surface area contributed by atoms with Crippen LogP contribution in [-0.4, -0.2) is 51.2 Å². The lowest BCUT2D eigenvalue weighted by molar-refractivity contribution is 0.467. The number of aryl methyl sites for hydroxylation is 2. The van der Waals surface area contributed by atoms with Crippen LogP contribution in [0, 0.1) is 13.8 Å². The molecule has 1 fully saturated rings. The average Bonchev–Trinajstić information content (AvgIpc) is 2.82. The van der Waals surface area contributed by atoms with Gasteiger partial charge in [-0.25, -0.2) is 9.97 Å². The van der Waals surface area contributed by atoms with E-state index in [4.69, 9.17) is 4.98 Å². The number of rotatable bonds is 3. The Hall–Kier alpha value is -3.74. The minimum atomic E-state index is 0.354. The molecule has 1 N–H and O–H groups in total. The van der Waals surface area contributed by atoms with E-state index in [0.717, 1.165) is 71.1 Å². The molecule has 2 aromatic carbocycles. The highest BCUT2D eigenvalue weighted by molar-refractivity contribution is 5.82. The van der Waals surface area contributed by atoms with Gasteiger partial charge in [-0.3, -0.25) is 9.97 Å². The molecule has 0 amide bonds. The Morgan fingerprint density at radius 3 is 2.13 bits per heavy atom. The fraction of sp³-hybridized carbons (Fsp3) is 0.250. The number of benzene rings is 2. The van der Waals surface area contributed by atoms with Crippen LogP contribution < -0.4 is 9.80 Å². The van der Waals surface area contributed by atoms with Crippen molar-refractivity contribution in [2.24, 2.45) is 0 Å². The number of phenolic OH excluding ortho intramolecular Hbond substituents is 1. The number of piperazine rings is 1. The van der Waals surface area contributed by atoms with Gasteiger partial charge in [0, 0.05) is 38.6 Å². The summed E-state index contributed by atoms with van der Waals surface area (Å²) in [7, 11) is 0. The van der Waals surface area contributed by atoms with Crippen LogP contribution >= 0.6 is 0 Å². The highest BCUT2D eigenvalue weighted by atomic mass is 16.3. The molecule has 7 nitrogen and oxygen atoms in total. The van der Waals surface area contributed by atoms with Gasteiger partial charge in [0.25, 0.3) is 0 Å². The zero-order valence-electron chi connectivity index (χ0n) is 17.7. The molecule has 2 aromatic heterocycles. The molecule has 3 heterocycles. The molecule has 0 unspecified atom stereocenters. The molecule has 1 saturated heterocycles. The molecule has 1 aliphatic heterocycles. The zero-order chi connectivity index (χ0) is 21.4. The van der Waals surface area contributed by atoms with E-state index >= 15 is 0 Å². The number of hydrogen-bond donors (Lipinski definition) is 1. The van der Waals surface area contributed by atoms with Gasteiger partial charge in [-0.2, -0.15) is 0 Å². The van der Waals surface area contributed by atoms with Crippen molar-refractivity contribution in [3.63, 3.8) is 0 Å². The third kappa shape index (κ3) is 3.74. The van der Waals surface area contributed by atoms with Gasteiger partial charge in [-0.15, -0.1) is 0 Å². The van der Waals surface area contributed by atoms with E-state index in [0.29, 0.717) is 5.75 Å². The SMILES string of the molecule is Cc1cc(-c2ccc3ncc(N4CCN(c5cnccn5)CC4)nc3c2)cc(C)c1O. The van der Waals surface area contributed by atoms with Crippen LogP contribution in [0.1, 0.15) is 11.1 Å². The maximum atomic E-state index is 10.1. The second kappa shape index (κ2) is 7.83. The molecular formula is C24H24N6O. The summed E-state index contributed by atoms with van der Waals surface area (Å²) in [6.45, 7) is 7.28. The first-order chi connectivity index (χ1) is 15.1. The van der Waals surface area contributed by atoms with Gasteiger partial charge in [-0.1, -0.05) is 6.07 Å². The summed E-state index contributed by atoms with van der Waals surface area (Å²) < 4.78 is 0. The van der Waals surface area contributed by atoms with Crippen molar-refractivity contribution >= 4 is 22.7 Å². The molecule has 0 aliphatic carbocycles. The monoisotopic (exact) mass is 412 g/mol. The van der Waals surface area contributed by atoms with Crippen LogP contribution in [0.2, 0.25) is 0 Å². The van der Waals surface area contributed by atoms with E-state index in [-0.39, 0.29) is 0 Å². The van der Waals surface area contributed by atoms with Gasteiger partial charge in [-0.05, 0) is 60.4 Å². The third-order valence-corrected chi connectivity index (χ3v) is 5.83. The molecule has 156 valence electrons.